The molecule has 0 amide bonds. The van der Waals surface area contributed by atoms with Crippen molar-refractivity contribution in [2.45, 2.75) is 37.3 Å². The van der Waals surface area contributed by atoms with Crippen molar-refractivity contribution in [1.29, 1.82) is 0 Å². The van der Waals surface area contributed by atoms with Gasteiger partial charge < -0.3 is 5.11 Å². The average molecular weight is 353 g/mol. The Hall–Kier alpha value is -1.86. The zero-order valence-electron chi connectivity index (χ0n) is 13.0. The largest absolute Gasteiger partial charge is 0.477 e. The number of hydrogen-bond acceptors (Lipinski definition) is 4. The van der Waals surface area contributed by atoms with E-state index in [2.05, 4.69) is 11.6 Å². The number of anilines is 1. The van der Waals surface area contributed by atoms with Crippen molar-refractivity contribution < 1.29 is 18.3 Å². The summed E-state index contributed by atoms with van der Waals surface area (Å²) in [5.74, 6) is -1.12. The molecular weight excluding hydrogens is 334 g/mol. The van der Waals surface area contributed by atoms with Crippen LogP contribution in [0.15, 0.2) is 34.5 Å². The first kappa shape index (κ1) is 17.5. The van der Waals surface area contributed by atoms with Gasteiger partial charge in [0.1, 0.15) is 9.09 Å². The molecule has 1 aromatic carbocycles. The van der Waals surface area contributed by atoms with Crippen LogP contribution in [0.3, 0.4) is 0 Å². The van der Waals surface area contributed by atoms with E-state index in [9.17, 15) is 13.2 Å². The minimum atomic E-state index is -3.77. The maximum absolute atomic E-state index is 12.4. The second kappa shape index (κ2) is 7.14. The van der Waals surface area contributed by atoms with Gasteiger partial charge in [-0.1, -0.05) is 25.5 Å². The quantitative estimate of drug-likeness (QED) is 0.791. The summed E-state index contributed by atoms with van der Waals surface area (Å²) in [7, 11) is -3.77. The fourth-order valence-electron chi connectivity index (χ4n) is 2.12. The van der Waals surface area contributed by atoms with Gasteiger partial charge in [-0.3, -0.25) is 4.72 Å². The van der Waals surface area contributed by atoms with Crippen molar-refractivity contribution in [2.75, 3.05) is 4.72 Å². The third-order valence-corrected chi connectivity index (χ3v) is 6.46. The topological polar surface area (TPSA) is 83.5 Å². The van der Waals surface area contributed by atoms with Crippen LogP contribution in [0.2, 0.25) is 0 Å². The van der Waals surface area contributed by atoms with E-state index in [0.717, 1.165) is 36.2 Å². The van der Waals surface area contributed by atoms with Crippen LogP contribution in [-0.2, 0) is 16.4 Å². The summed E-state index contributed by atoms with van der Waals surface area (Å²) < 4.78 is 27.2. The van der Waals surface area contributed by atoms with E-state index in [1.54, 1.807) is 19.1 Å². The Kier molecular flexibility index (Phi) is 5.43. The number of sulfonamides is 1. The molecule has 2 rings (SSSR count). The van der Waals surface area contributed by atoms with Gasteiger partial charge in [-0.15, -0.1) is 11.3 Å². The third kappa shape index (κ3) is 4.33. The Morgan fingerprint density at radius 2 is 1.91 bits per heavy atom. The van der Waals surface area contributed by atoms with Crippen LogP contribution in [0.25, 0.3) is 0 Å². The summed E-state index contributed by atoms with van der Waals surface area (Å²) in [4.78, 5) is 11.1. The summed E-state index contributed by atoms with van der Waals surface area (Å²) in [6.45, 7) is 3.71. The van der Waals surface area contributed by atoms with Crippen molar-refractivity contribution in [3.05, 3.63) is 46.3 Å². The van der Waals surface area contributed by atoms with Crippen molar-refractivity contribution >= 4 is 33.0 Å². The summed E-state index contributed by atoms with van der Waals surface area (Å²) in [6.07, 6.45) is 3.17. The van der Waals surface area contributed by atoms with E-state index < -0.39 is 16.0 Å². The molecule has 0 saturated heterocycles. The Bertz CT molecular complexity index is 792. The number of rotatable bonds is 7. The highest BCUT2D eigenvalue weighted by atomic mass is 32.2. The van der Waals surface area contributed by atoms with Gasteiger partial charge in [0.25, 0.3) is 10.0 Å². The van der Waals surface area contributed by atoms with E-state index in [0.29, 0.717) is 11.3 Å². The maximum Gasteiger partial charge on any atom is 0.346 e. The zero-order valence-corrected chi connectivity index (χ0v) is 14.6. The number of nitrogens with one attached hydrogen (secondary N) is 1. The van der Waals surface area contributed by atoms with E-state index in [1.807, 2.05) is 12.1 Å². The molecule has 0 saturated carbocycles. The van der Waals surface area contributed by atoms with Crippen LogP contribution in [0.4, 0.5) is 5.69 Å². The van der Waals surface area contributed by atoms with Crippen molar-refractivity contribution in [2.24, 2.45) is 0 Å². The molecular formula is C16H19NO4S2. The van der Waals surface area contributed by atoms with Gasteiger partial charge in [-0.05, 0) is 49.1 Å². The molecule has 2 N–H and O–H groups in total. The number of thiophene rings is 1. The monoisotopic (exact) mass is 353 g/mol. The molecule has 1 aromatic heterocycles. The molecule has 5 nitrogen and oxygen atoms in total. The highest BCUT2D eigenvalue weighted by molar-refractivity contribution is 7.94. The summed E-state index contributed by atoms with van der Waals surface area (Å²) in [6, 6.07) is 8.63. The fraction of sp³-hybridized carbons (Fsp3) is 0.312. The molecule has 1 heterocycles. The van der Waals surface area contributed by atoms with Gasteiger partial charge in [0.05, 0.1) is 0 Å². The molecule has 0 bridgehead atoms. The Morgan fingerprint density at radius 1 is 1.26 bits per heavy atom. The predicted molar refractivity (Wildman–Crippen MR) is 91.9 cm³/mol. The molecule has 0 aliphatic carbocycles. The van der Waals surface area contributed by atoms with Crippen molar-refractivity contribution in [1.82, 2.24) is 0 Å². The van der Waals surface area contributed by atoms with E-state index in [4.69, 9.17) is 5.11 Å². The lowest BCUT2D eigenvalue weighted by Crippen LogP contribution is -2.11. The zero-order chi connectivity index (χ0) is 17.0. The second-order valence-electron chi connectivity index (χ2n) is 5.29. The smallest absolute Gasteiger partial charge is 0.346 e. The first-order valence-electron chi connectivity index (χ1n) is 7.29. The van der Waals surface area contributed by atoms with Gasteiger partial charge in [-0.2, -0.15) is 0 Å². The van der Waals surface area contributed by atoms with Gasteiger partial charge >= 0.3 is 5.97 Å². The van der Waals surface area contributed by atoms with E-state index >= 15 is 0 Å². The van der Waals surface area contributed by atoms with Crippen LogP contribution >= 0.6 is 11.3 Å². The summed E-state index contributed by atoms with van der Waals surface area (Å²) in [5.41, 5.74) is 2.07. The van der Waals surface area contributed by atoms with Gasteiger partial charge in [0.2, 0.25) is 0 Å². The van der Waals surface area contributed by atoms with Crippen LogP contribution in [-0.4, -0.2) is 19.5 Å². The highest BCUT2D eigenvalue weighted by Crippen LogP contribution is 2.27. The molecule has 0 atom stereocenters. The molecule has 0 unspecified atom stereocenters. The molecule has 0 fully saturated rings. The number of carboxylic acids is 1. The maximum atomic E-state index is 12.4. The summed E-state index contributed by atoms with van der Waals surface area (Å²) >= 11 is 0.758. The number of unbranched alkanes of at least 4 members (excludes halogenated alkanes) is 1. The number of hydrogen-bond donors (Lipinski definition) is 2. The molecule has 2 aromatic rings. The van der Waals surface area contributed by atoms with Gasteiger partial charge in [0, 0.05) is 5.69 Å². The Morgan fingerprint density at radius 3 is 2.43 bits per heavy atom. The molecule has 0 radical (unpaired) electrons. The molecule has 0 spiro atoms. The SMILES string of the molecule is CCCCc1ccc(NS(=O)(=O)c2cc(C)c(C(=O)O)s2)cc1. The van der Waals surface area contributed by atoms with E-state index in [-0.39, 0.29) is 9.09 Å². The molecule has 23 heavy (non-hydrogen) atoms. The normalized spacial score (nSPS) is 11.4. The average Bonchev–Trinajstić information content (AvgIpc) is 2.89. The predicted octanol–water partition coefficient (Wildman–Crippen LogP) is 3.90. The minimum absolute atomic E-state index is 0.00228. The first-order chi connectivity index (χ1) is 10.8. The molecule has 7 heteroatoms. The van der Waals surface area contributed by atoms with Crippen molar-refractivity contribution in [3.63, 3.8) is 0 Å². The van der Waals surface area contributed by atoms with Crippen LogP contribution in [0, 0.1) is 6.92 Å². The fourth-order valence-corrected chi connectivity index (χ4v) is 4.56. The van der Waals surface area contributed by atoms with E-state index in [1.165, 1.54) is 6.07 Å². The third-order valence-electron chi connectivity index (χ3n) is 3.38. The van der Waals surface area contributed by atoms with Gasteiger partial charge in [-0.25, -0.2) is 13.2 Å². The number of carboxylic acid groups (broad SMARTS) is 1. The Balaban J connectivity index is 2.18. The number of carbonyl (C=O) groups is 1. The minimum Gasteiger partial charge on any atom is -0.477 e. The molecule has 0 aliphatic heterocycles. The van der Waals surface area contributed by atoms with Crippen molar-refractivity contribution in [3.8, 4) is 0 Å². The highest BCUT2D eigenvalue weighted by Gasteiger charge is 2.21. The summed E-state index contributed by atoms with van der Waals surface area (Å²) in [5, 5.41) is 9.03. The number of benzene rings is 1. The standard InChI is InChI=1S/C16H19NO4S2/c1-3-4-5-12-6-8-13(9-7-12)17-23(20,21)14-10-11(2)15(22-14)16(18)19/h6-10,17H,3-5H2,1-2H3,(H,18,19). The van der Waals surface area contributed by atoms with Crippen LogP contribution in [0.5, 0.6) is 0 Å². The van der Waals surface area contributed by atoms with Crippen LogP contribution in [0.1, 0.15) is 40.6 Å². The molecule has 0 aliphatic rings. The lowest BCUT2D eigenvalue weighted by Gasteiger charge is -2.07. The Labute approximate surface area is 140 Å². The van der Waals surface area contributed by atoms with Crippen LogP contribution < -0.4 is 4.72 Å². The second-order valence-corrected chi connectivity index (χ2v) is 8.25. The molecule has 124 valence electrons. The number of aryl methyl sites for hydroxylation is 2. The van der Waals surface area contributed by atoms with Gasteiger partial charge in [0.15, 0.2) is 0 Å². The lowest BCUT2D eigenvalue weighted by molar-refractivity contribution is 0.0701. The number of aromatic carboxylic acids is 1. The first-order valence-corrected chi connectivity index (χ1v) is 9.59. The lowest BCUT2D eigenvalue weighted by atomic mass is 10.1.